The molecule has 2 heterocycles. The lowest BCUT2D eigenvalue weighted by atomic mass is 9.83. The van der Waals surface area contributed by atoms with Crippen molar-refractivity contribution in [3.05, 3.63) is 0 Å². The molecular formula is C13H25NO2. The van der Waals surface area contributed by atoms with Crippen LogP contribution in [-0.2, 0) is 9.47 Å². The molecule has 3 nitrogen and oxygen atoms in total. The Kier molecular flexibility index (Phi) is 4.22. The van der Waals surface area contributed by atoms with Crippen molar-refractivity contribution in [2.24, 2.45) is 5.92 Å². The molecule has 2 saturated heterocycles. The standard InChI is InChI=1S/C13H25NO2/c1-3-7-14-12(11-5-9-15-10-11)13(2)6-4-8-16-13/h11-12,14H,3-10H2,1-2H3. The molecule has 0 aromatic rings. The molecule has 94 valence electrons. The molecule has 3 heteroatoms. The quantitative estimate of drug-likeness (QED) is 0.779. The molecule has 0 aliphatic carbocycles. The van der Waals surface area contributed by atoms with E-state index in [-0.39, 0.29) is 5.60 Å². The molecule has 1 N–H and O–H groups in total. The smallest absolute Gasteiger partial charge is 0.0811 e. The predicted molar refractivity (Wildman–Crippen MR) is 64.6 cm³/mol. The number of hydrogen-bond acceptors (Lipinski definition) is 3. The average molecular weight is 227 g/mol. The van der Waals surface area contributed by atoms with E-state index in [2.05, 4.69) is 19.2 Å². The van der Waals surface area contributed by atoms with E-state index in [0.29, 0.717) is 12.0 Å². The first kappa shape index (κ1) is 12.3. The maximum Gasteiger partial charge on any atom is 0.0811 e. The van der Waals surface area contributed by atoms with E-state index in [1.807, 2.05) is 0 Å². The van der Waals surface area contributed by atoms with Crippen LogP contribution in [-0.4, -0.2) is 38.0 Å². The zero-order chi connectivity index (χ0) is 11.4. The fraction of sp³-hybridized carbons (Fsp3) is 1.00. The molecule has 0 saturated carbocycles. The summed E-state index contributed by atoms with van der Waals surface area (Å²) in [6, 6.07) is 0.470. The Labute approximate surface area is 98.9 Å². The minimum atomic E-state index is 0.0353. The fourth-order valence-corrected chi connectivity index (χ4v) is 3.04. The van der Waals surface area contributed by atoms with Gasteiger partial charge in [0.05, 0.1) is 12.2 Å². The Hall–Kier alpha value is -0.120. The molecule has 0 spiro atoms. The van der Waals surface area contributed by atoms with Crippen molar-refractivity contribution in [1.29, 1.82) is 0 Å². The van der Waals surface area contributed by atoms with Crippen LogP contribution in [0.25, 0.3) is 0 Å². The first-order valence-electron chi connectivity index (χ1n) is 6.71. The Morgan fingerprint density at radius 1 is 1.44 bits per heavy atom. The van der Waals surface area contributed by atoms with Crippen molar-refractivity contribution >= 4 is 0 Å². The van der Waals surface area contributed by atoms with Crippen molar-refractivity contribution in [3.8, 4) is 0 Å². The summed E-state index contributed by atoms with van der Waals surface area (Å²) in [6.45, 7) is 8.32. The van der Waals surface area contributed by atoms with Crippen molar-refractivity contribution in [1.82, 2.24) is 5.32 Å². The van der Waals surface area contributed by atoms with E-state index in [9.17, 15) is 0 Å². The van der Waals surface area contributed by atoms with Gasteiger partial charge in [0, 0.05) is 25.2 Å². The first-order valence-corrected chi connectivity index (χ1v) is 6.71. The summed E-state index contributed by atoms with van der Waals surface area (Å²) in [7, 11) is 0. The normalized spacial score (nSPS) is 36.8. The average Bonchev–Trinajstić information content (AvgIpc) is 2.91. The summed E-state index contributed by atoms with van der Waals surface area (Å²) in [5.41, 5.74) is 0.0353. The van der Waals surface area contributed by atoms with Crippen molar-refractivity contribution < 1.29 is 9.47 Å². The van der Waals surface area contributed by atoms with Gasteiger partial charge in [-0.2, -0.15) is 0 Å². The molecule has 3 atom stereocenters. The van der Waals surface area contributed by atoms with Crippen molar-refractivity contribution in [2.45, 2.75) is 51.2 Å². The molecule has 0 bridgehead atoms. The number of nitrogens with one attached hydrogen (secondary N) is 1. The predicted octanol–water partition coefficient (Wildman–Crippen LogP) is 1.96. The summed E-state index contributed by atoms with van der Waals surface area (Å²) in [5, 5.41) is 3.69. The monoisotopic (exact) mass is 227 g/mol. The van der Waals surface area contributed by atoms with Gasteiger partial charge in [-0.15, -0.1) is 0 Å². The minimum Gasteiger partial charge on any atom is -0.381 e. The van der Waals surface area contributed by atoms with E-state index in [1.54, 1.807) is 0 Å². The van der Waals surface area contributed by atoms with Crippen LogP contribution >= 0.6 is 0 Å². The Morgan fingerprint density at radius 3 is 2.88 bits per heavy atom. The fourth-order valence-electron chi connectivity index (χ4n) is 3.04. The second kappa shape index (κ2) is 5.48. The van der Waals surface area contributed by atoms with Crippen molar-refractivity contribution in [3.63, 3.8) is 0 Å². The van der Waals surface area contributed by atoms with Gasteiger partial charge in [0.2, 0.25) is 0 Å². The summed E-state index contributed by atoms with van der Waals surface area (Å²) >= 11 is 0. The molecule has 2 aliphatic heterocycles. The minimum absolute atomic E-state index is 0.0353. The second-order valence-corrected chi connectivity index (χ2v) is 5.32. The zero-order valence-corrected chi connectivity index (χ0v) is 10.6. The van der Waals surface area contributed by atoms with Crippen molar-refractivity contribution in [2.75, 3.05) is 26.4 Å². The maximum atomic E-state index is 5.99. The maximum absolute atomic E-state index is 5.99. The third-order valence-electron chi connectivity index (χ3n) is 3.96. The number of hydrogen-bond donors (Lipinski definition) is 1. The van der Waals surface area contributed by atoms with Gasteiger partial charge in [0.25, 0.3) is 0 Å². The van der Waals surface area contributed by atoms with Gasteiger partial charge in [-0.25, -0.2) is 0 Å². The van der Waals surface area contributed by atoms with Crippen LogP contribution in [0, 0.1) is 5.92 Å². The summed E-state index contributed by atoms with van der Waals surface area (Å²) in [6.07, 6.45) is 4.75. The summed E-state index contributed by atoms with van der Waals surface area (Å²) in [4.78, 5) is 0. The lowest BCUT2D eigenvalue weighted by Crippen LogP contribution is -2.53. The summed E-state index contributed by atoms with van der Waals surface area (Å²) in [5.74, 6) is 0.634. The molecule has 0 aromatic carbocycles. The topological polar surface area (TPSA) is 30.5 Å². The number of rotatable bonds is 5. The van der Waals surface area contributed by atoms with Gasteiger partial charge in [-0.1, -0.05) is 6.92 Å². The molecule has 2 fully saturated rings. The Bertz CT molecular complexity index is 208. The highest BCUT2D eigenvalue weighted by molar-refractivity contribution is 4.97. The molecule has 16 heavy (non-hydrogen) atoms. The molecule has 0 amide bonds. The lowest BCUT2D eigenvalue weighted by molar-refractivity contribution is -0.0297. The highest BCUT2D eigenvalue weighted by atomic mass is 16.5. The van der Waals surface area contributed by atoms with Gasteiger partial charge in [-0.05, 0) is 39.2 Å². The highest BCUT2D eigenvalue weighted by Crippen LogP contribution is 2.34. The second-order valence-electron chi connectivity index (χ2n) is 5.32. The van der Waals surface area contributed by atoms with Gasteiger partial charge >= 0.3 is 0 Å². The van der Waals surface area contributed by atoms with E-state index in [1.165, 1.54) is 25.7 Å². The van der Waals surface area contributed by atoms with Gasteiger partial charge < -0.3 is 14.8 Å². The third-order valence-corrected chi connectivity index (χ3v) is 3.96. The molecule has 2 aliphatic rings. The molecule has 0 radical (unpaired) electrons. The molecule has 2 rings (SSSR count). The van der Waals surface area contributed by atoms with Crippen LogP contribution in [0.2, 0.25) is 0 Å². The van der Waals surface area contributed by atoms with Crippen LogP contribution < -0.4 is 5.32 Å². The van der Waals surface area contributed by atoms with Crippen LogP contribution in [0.4, 0.5) is 0 Å². The lowest BCUT2D eigenvalue weighted by Gasteiger charge is -2.37. The van der Waals surface area contributed by atoms with Crippen LogP contribution in [0.1, 0.15) is 39.5 Å². The number of ether oxygens (including phenoxy) is 2. The third kappa shape index (κ3) is 2.58. The van der Waals surface area contributed by atoms with Gasteiger partial charge in [-0.3, -0.25) is 0 Å². The van der Waals surface area contributed by atoms with E-state index in [0.717, 1.165) is 26.4 Å². The largest absolute Gasteiger partial charge is 0.381 e. The van der Waals surface area contributed by atoms with Crippen LogP contribution in [0.3, 0.4) is 0 Å². The molecule has 0 aromatic heterocycles. The van der Waals surface area contributed by atoms with Crippen LogP contribution in [0.15, 0.2) is 0 Å². The van der Waals surface area contributed by atoms with Gasteiger partial charge in [0.1, 0.15) is 0 Å². The molecule has 3 unspecified atom stereocenters. The summed E-state index contributed by atoms with van der Waals surface area (Å²) < 4.78 is 11.5. The van der Waals surface area contributed by atoms with E-state index >= 15 is 0 Å². The van der Waals surface area contributed by atoms with E-state index in [4.69, 9.17) is 9.47 Å². The zero-order valence-electron chi connectivity index (χ0n) is 10.6. The van der Waals surface area contributed by atoms with Gasteiger partial charge in [0.15, 0.2) is 0 Å². The SMILES string of the molecule is CCCNC(C1CCOC1)C1(C)CCCO1. The molecular weight excluding hydrogens is 202 g/mol. The highest BCUT2D eigenvalue weighted by Gasteiger charge is 2.43. The van der Waals surface area contributed by atoms with Crippen LogP contribution in [0.5, 0.6) is 0 Å². The Balaban J connectivity index is 2.00. The van der Waals surface area contributed by atoms with E-state index < -0.39 is 0 Å². The Morgan fingerprint density at radius 2 is 2.31 bits per heavy atom. The first-order chi connectivity index (χ1) is 7.76.